The molecule has 2 rings (SSSR count). The largest absolute Gasteiger partial charge is 0.317 e. The molecule has 1 aromatic carbocycles. The van der Waals surface area contributed by atoms with Crippen LogP contribution >= 0.6 is 0 Å². The van der Waals surface area contributed by atoms with Crippen LogP contribution in [0.25, 0.3) is 0 Å². The molecular formula is C12H15F2NO. The summed E-state index contributed by atoms with van der Waals surface area (Å²) >= 11 is 0. The predicted molar refractivity (Wildman–Crippen MR) is 58.4 cm³/mol. The van der Waals surface area contributed by atoms with Crippen LogP contribution in [0.5, 0.6) is 0 Å². The van der Waals surface area contributed by atoms with Gasteiger partial charge < -0.3 is 5.32 Å². The van der Waals surface area contributed by atoms with Crippen molar-refractivity contribution >= 4 is 5.78 Å². The lowest BCUT2D eigenvalue weighted by atomic mass is 9.89. The van der Waals surface area contributed by atoms with Crippen LogP contribution in [0.4, 0.5) is 8.78 Å². The summed E-state index contributed by atoms with van der Waals surface area (Å²) in [5.74, 6) is -1.76. The van der Waals surface area contributed by atoms with Crippen molar-refractivity contribution in [3.8, 4) is 0 Å². The van der Waals surface area contributed by atoms with E-state index >= 15 is 0 Å². The second-order valence-corrected chi connectivity index (χ2v) is 4.01. The van der Waals surface area contributed by atoms with E-state index in [1.165, 1.54) is 6.07 Å². The molecule has 0 saturated carbocycles. The first-order chi connectivity index (χ1) is 7.68. The molecule has 0 spiro atoms. The van der Waals surface area contributed by atoms with E-state index in [2.05, 4.69) is 5.32 Å². The molecule has 2 nitrogen and oxygen atoms in total. The number of hydrogen-bond donors (Lipinski definition) is 1. The minimum absolute atomic E-state index is 0. The van der Waals surface area contributed by atoms with Gasteiger partial charge in [0.15, 0.2) is 5.78 Å². The summed E-state index contributed by atoms with van der Waals surface area (Å²) in [6.45, 7) is 1.55. The third-order valence-electron chi connectivity index (χ3n) is 2.91. The number of hydrogen-bond acceptors (Lipinski definition) is 2. The number of carbonyl (C=O) groups excluding carboxylic acids is 1. The molecule has 16 heavy (non-hydrogen) atoms. The number of halogens is 2. The van der Waals surface area contributed by atoms with Crippen LogP contribution in [0.2, 0.25) is 0 Å². The summed E-state index contributed by atoms with van der Waals surface area (Å²) in [5, 5.41) is 3.14. The molecule has 0 radical (unpaired) electrons. The molecular weight excluding hydrogens is 212 g/mol. The van der Waals surface area contributed by atoms with Crippen LogP contribution in [0.3, 0.4) is 0 Å². The van der Waals surface area contributed by atoms with Gasteiger partial charge in [-0.3, -0.25) is 4.79 Å². The summed E-state index contributed by atoms with van der Waals surface area (Å²) in [7, 11) is 0. The Morgan fingerprint density at radius 2 is 2.00 bits per heavy atom. The lowest BCUT2D eigenvalue weighted by Gasteiger charge is -2.21. The SMILES string of the molecule is O=C(c1ccc(F)cc1F)C1CCNCC1.[HH]. The Balaban J connectivity index is 0.00000144. The monoisotopic (exact) mass is 227 g/mol. The Bertz CT molecular complexity index is 405. The maximum atomic E-state index is 13.4. The van der Waals surface area contributed by atoms with Crippen molar-refractivity contribution in [3.63, 3.8) is 0 Å². The molecule has 0 unspecified atom stereocenters. The molecule has 1 fully saturated rings. The first kappa shape index (κ1) is 11.2. The number of benzene rings is 1. The van der Waals surface area contributed by atoms with Crippen LogP contribution in [0.1, 0.15) is 24.6 Å². The number of rotatable bonds is 2. The van der Waals surface area contributed by atoms with Gasteiger partial charge in [-0.25, -0.2) is 8.78 Å². The van der Waals surface area contributed by atoms with E-state index in [-0.39, 0.29) is 18.7 Å². The highest BCUT2D eigenvalue weighted by Gasteiger charge is 2.24. The normalized spacial score (nSPS) is 17.4. The molecule has 88 valence electrons. The first-order valence-corrected chi connectivity index (χ1v) is 5.38. The average Bonchev–Trinajstić information content (AvgIpc) is 2.29. The second kappa shape index (κ2) is 4.70. The molecule has 4 heteroatoms. The van der Waals surface area contributed by atoms with Gasteiger partial charge in [-0.05, 0) is 38.1 Å². The van der Waals surface area contributed by atoms with Gasteiger partial charge in [-0.15, -0.1) is 0 Å². The van der Waals surface area contributed by atoms with Gasteiger partial charge >= 0.3 is 0 Å². The van der Waals surface area contributed by atoms with Crippen molar-refractivity contribution in [3.05, 3.63) is 35.4 Å². The van der Waals surface area contributed by atoms with Crippen LogP contribution in [0, 0.1) is 17.6 Å². The zero-order chi connectivity index (χ0) is 11.5. The third kappa shape index (κ3) is 2.27. The standard InChI is InChI=1S/C12H13F2NO.H2/c13-9-1-2-10(11(14)7-9)12(16)8-3-5-15-6-4-8;/h1-2,7-8,15H,3-6H2;1H. The zero-order valence-electron chi connectivity index (χ0n) is 8.80. The fourth-order valence-electron chi connectivity index (χ4n) is 1.99. The summed E-state index contributed by atoms with van der Waals surface area (Å²) in [6, 6.07) is 3.11. The molecule has 1 N–H and O–H groups in total. The number of Topliss-reactive ketones (excluding diaryl/α,β-unsaturated/α-hetero) is 1. The lowest BCUT2D eigenvalue weighted by molar-refractivity contribution is 0.0891. The predicted octanol–water partition coefficient (Wildman–Crippen LogP) is 2.39. The molecule has 0 amide bonds. The van der Waals surface area contributed by atoms with Gasteiger partial charge in [0.2, 0.25) is 0 Å². The number of nitrogens with one attached hydrogen (secondary N) is 1. The second-order valence-electron chi connectivity index (χ2n) is 4.01. The van der Waals surface area contributed by atoms with Crippen LogP contribution in [0.15, 0.2) is 18.2 Å². The smallest absolute Gasteiger partial charge is 0.168 e. The van der Waals surface area contributed by atoms with Gasteiger partial charge in [-0.1, -0.05) is 0 Å². The number of ketones is 1. The van der Waals surface area contributed by atoms with E-state index in [1.807, 2.05) is 0 Å². The maximum absolute atomic E-state index is 13.4. The van der Waals surface area contributed by atoms with Crippen molar-refractivity contribution in [1.82, 2.24) is 5.32 Å². The van der Waals surface area contributed by atoms with Crippen molar-refractivity contribution in [1.29, 1.82) is 0 Å². The molecule has 0 bridgehead atoms. The molecule has 1 heterocycles. The zero-order valence-corrected chi connectivity index (χ0v) is 8.80. The van der Waals surface area contributed by atoms with Crippen molar-refractivity contribution < 1.29 is 15.0 Å². The van der Waals surface area contributed by atoms with Crippen LogP contribution in [-0.2, 0) is 0 Å². The summed E-state index contributed by atoms with van der Waals surface area (Å²) in [5.41, 5.74) is 0.00769. The van der Waals surface area contributed by atoms with Gasteiger partial charge in [0.05, 0.1) is 5.56 Å². The van der Waals surface area contributed by atoms with Gasteiger partial charge in [0.1, 0.15) is 11.6 Å². The van der Waals surface area contributed by atoms with Crippen LogP contribution in [-0.4, -0.2) is 18.9 Å². The average molecular weight is 227 g/mol. The Kier molecular flexibility index (Phi) is 3.29. The van der Waals surface area contributed by atoms with Gasteiger partial charge in [0.25, 0.3) is 0 Å². The van der Waals surface area contributed by atoms with E-state index in [0.29, 0.717) is 0 Å². The lowest BCUT2D eigenvalue weighted by Crippen LogP contribution is -2.32. The Labute approximate surface area is 94.1 Å². The highest BCUT2D eigenvalue weighted by Crippen LogP contribution is 2.20. The third-order valence-corrected chi connectivity index (χ3v) is 2.91. The summed E-state index contributed by atoms with van der Waals surface area (Å²) in [4.78, 5) is 11.9. The fourth-order valence-corrected chi connectivity index (χ4v) is 1.99. The number of piperidine rings is 1. The van der Waals surface area contributed by atoms with Crippen molar-refractivity contribution in [2.75, 3.05) is 13.1 Å². The molecule has 1 aliphatic heterocycles. The van der Waals surface area contributed by atoms with Crippen LogP contribution < -0.4 is 5.32 Å². The van der Waals surface area contributed by atoms with Crippen molar-refractivity contribution in [2.45, 2.75) is 12.8 Å². The summed E-state index contributed by atoms with van der Waals surface area (Å²) < 4.78 is 26.1. The molecule has 1 aliphatic rings. The Morgan fingerprint density at radius 3 is 2.62 bits per heavy atom. The van der Waals surface area contributed by atoms with E-state index in [4.69, 9.17) is 0 Å². The minimum atomic E-state index is -0.761. The maximum Gasteiger partial charge on any atom is 0.168 e. The van der Waals surface area contributed by atoms with E-state index in [9.17, 15) is 13.6 Å². The highest BCUT2D eigenvalue weighted by molar-refractivity contribution is 5.98. The molecule has 0 atom stereocenters. The molecule has 1 aromatic rings. The molecule has 0 aromatic heterocycles. The quantitative estimate of drug-likeness (QED) is 0.786. The van der Waals surface area contributed by atoms with E-state index in [0.717, 1.165) is 38.1 Å². The first-order valence-electron chi connectivity index (χ1n) is 5.38. The van der Waals surface area contributed by atoms with Gasteiger partial charge in [0, 0.05) is 13.4 Å². The topological polar surface area (TPSA) is 29.1 Å². The summed E-state index contributed by atoms with van der Waals surface area (Å²) in [6.07, 6.45) is 1.44. The van der Waals surface area contributed by atoms with Crippen molar-refractivity contribution in [2.24, 2.45) is 5.92 Å². The Morgan fingerprint density at radius 1 is 1.31 bits per heavy atom. The van der Waals surface area contributed by atoms with E-state index in [1.54, 1.807) is 0 Å². The van der Waals surface area contributed by atoms with Gasteiger partial charge in [-0.2, -0.15) is 0 Å². The molecule has 1 saturated heterocycles. The Hall–Kier alpha value is -1.29. The highest BCUT2D eigenvalue weighted by atomic mass is 19.1. The minimum Gasteiger partial charge on any atom is -0.317 e. The number of carbonyl (C=O) groups is 1. The van der Waals surface area contributed by atoms with E-state index < -0.39 is 11.6 Å². The fraction of sp³-hybridized carbons (Fsp3) is 0.417. The molecule has 0 aliphatic carbocycles.